The van der Waals surface area contributed by atoms with E-state index in [0.717, 1.165) is 125 Å². The number of aryl methyl sites for hydroxylation is 3. The van der Waals surface area contributed by atoms with Crippen LogP contribution >= 0.6 is 12.4 Å². The molecule has 9 atom stereocenters. The molecule has 0 amide bonds. The highest BCUT2D eigenvalue weighted by Crippen LogP contribution is 2.45. The van der Waals surface area contributed by atoms with Crippen LogP contribution in [0.15, 0.2) is 97.1 Å². The fraction of sp³-hybridized carbons (Fsp3) is 0.625. The minimum Gasteiger partial charge on any atom is -0.508 e. The van der Waals surface area contributed by atoms with Crippen LogP contribution in [0.4, 0.5) is 0 Å². The summed E-state index contributed by atoms with van der Waals surface area (Å²) in [6.07, 6.45) is 17.2. The molecule has 11 heteroatoms. The average Bonchev–Trinajstić information content (AvgIpc) is 3.42. The second kappa shape index (κ2) is 33.1. The number of aliphatic hydroxyl groups excluding tert-OH is 1. The molecule has 0 bridgehead atoms. The van der Waals surface area contributed by atoms with Gasteiger partial charge >= 0.3 is 0 Å². The summed E-state index contributed by atoms with van der Waals surface area (Å²) in [6.45, 7) is 8.76. The molecule has 0 aliphatic heterocycles. The smallest absolute Gasteiger partial charge is 0.210 e. The number of phenols is 1. The van der Waals surface area contributed by atoms with Crippen LogP contribution < -0.4 is 10.6 Å². The third-order valence-corrected chi connectivity index (χ3v) is 16.1. The summed E-state index contributed by atoms with van der Waals surface area (Å²) in [5, 5.41) is 63.8. The van der Waals surface area contributed by atoms with Gasteiger partial charge in [-0.2, -0.15) is 0 Å². The Balaban J connectivity index is 0.000000345. The Labute approximate surface area is 469 Å². The molecule has 0 spiro atoms. The Bertz CT molecular complexity index is 2150. The predicted octanol–water partition coefficient (Wildman–Crippen LogP) is 11.5. The Morgan fingerprint density at radius 2 is 0.880 bits per heavy atom. The van der Waals surface area contributed by atoms with Crippen molar-refractivity contribution in [2.45, 2.75) is 160 Å². The fourth-order valence-corrected chi connectivity index (χ4v) is 12.4. The van der Waals surface area contributed by atoms with Gasteiger partial charge in [0, 0.05) is 60.5 Å². The molecule has 0 aromatic heterocycles. The maximum absolute atomic E-state index is 11.1. The molecule has 0 radical (unpaired) electrons. The molecule has 4 aliphatic rings. The SMILES string of the molecule is CNC[C@H]1CCCC[C@]1(O)c1cccc(C)c1.CNC[C@H]1CCCC[C@]1(O)c1cccc(O)c1.Cc1cccc([C@@]2(O)CCCC[C@@H]2CN(C)C)c1.Cc1cccc([C@@]2(O)CCCC[C@@H]2CN(C)C)c1.Cl.[2H]C[3H].[2H]OC([2H])C[3H]. The number of rotatable bonds is 13. The van der Waals surface area contributed by atoms with Crippen molar-refractivity contribution in [2.24, 2.45) is 23.7 Å². The third-order valence-electron chi connectivity index (χ3n) is 16.1. The number of aromatic hydroxyl groups is 1. The number of halogens is 1. The molecule has 4 saturated carbocycles. The normalized spacial score (nSPS) is 28.4. The van der Waals surface area contributed by atoms with Crippen LogP contribution in [0.2, 0.25) is 0 Å². The van der Waals surface area contributed by atoms with Gasteiger partial charge in [-0.3, -0.25) is 0 Å². The number of hydrogen-bond acceptors (Lipinski definition) is 10. The summed E-state index contributed by atoms with van der Waals surface area (Å²) in [6, 6.07) is 32.1. The molecule has 75 heavy (non-hydrogen) atoms. The number of phenolic OH excluding ortho intramolecular Hbond substituents is 1. The van der Waals surface area contributed by atoms with Crippen molar-refractivity contribution < 1.29 is 36.1 Å². The molecule has 1 unspecified atom stereocenters. The van der Waals surface area contributed by atoms with Gasteiger partial charge < -0.3 is 51.1 Å². The number of nitrogens with zero attached hydrogens (tertiary/aromatic N) is 2. The topological polar surface area (TPSA) is 152 Å². The highest BCUT2D eigenvalue weighted by molar-refractivity contribution is 5.85. The lowest BCUT2D eigenvalue weighted by Gasteiger charge is -2.42. The first-order valence-electron chi connectivity index (χ1n) is 30.6. The van der Waals surface area contributed by atoms with E-state index < -0.39 is 29.0 Å². The van der Waals surface area contributed by atoms with E-state index in [4.69, 9.17) is 6.91 Å². The van der Waals surface area contributed by atoms with Crippen LogP contribution in [0.3, 0.4) is 0 Å². The van der Waals surface area contributed by atoms with E-state index in [-0.39, 0.29) is 38.4 Å². The van der Waals surface area contributed by atoms with E-state index in [1.165, 1.54) is 42.4 Å². The summed E-state index contributed by atoms with van der Waals surface area (Å²) in [4.78, 5) is 4.38. The molecule has 4 fully saturated rings. The van der Waals surface area contributed by atoms with Gasteiger partial charge in [0.2, 0.25) is 1.43 Å². The highest BCUT2D eigenvalue weighted by atomic mass is 35.5. The van der Waals surface area contributed by atoms with E-state index in [2.05, 4.69) is 141 Å². The molecule has 4 aromatic rings. The van der Waals surface area contributed by atoms with Gasteiger partial charge in [-0.05, 0) is 156 Å². The summed E-state index contributed by atoms with van der Waals surface area (Å²) in [5.74, 6) is 1.49. The predicted molar refractivity (Wildman–Crippen MR) is 317 cm³/mol. The Morgan fingerprint density at radius 1 is 0.573 bits per heavy atom. The zero-order valence-electron chi connectivity index (χ0n) is 52.6. The Morgan fingerprint density at radius 3 is 1.15 bits per heavy atom. The number of aliphatic hydroxyl groups is 5. The van der Waals surface area contributed by atoms with Crippen molar-refractivity contribution in [1.82, 2.24) is 20.4 Å². The van der Waals surface area contributed by atoms with Gasteiger partial charge in [0.15, 0.2) is 0 Å². The fourth-order valence-electron chi connectivity index (χ4n) is 12.4. The third kappa shape index (κ3) is 19.5. The zero-order valence-corrected chi connectivity index (χ0v) is 48.4. The van der Waals surface area contributed by atoms with E-state index in [1.54, 1.807) is 18.2 Å². The lowest BCUT2D eigenvalue weighted by Crippen LogP contribution is -2.43. The van der Waals surface area contributed by atoms with Gasteiger partial charge in [-0.1, -0.05) is 160 Å². The van der Waals surface area contributed by atoms with Crippen LogP contribution in [-0.2, 0) is 22.4 Å². The molecule has 8 N–H and O–H groups in total. The molecular formula is C64H105ClN4O6. The Kier molecular flexibility index (Phi) is 26.2. The van der Waals surface area contributed by atoms with Crippen molar-refractivity contribution in [3.05, 3.63) is 136 Å². The molecule has 4 aliphatic carbocycles. The minimum atomic E-state index is -0.981. The van der Waals surface area contributed by atoms with Crippen LogP contribution in [0, 0.1) is 44.4 Å². The maximum Gasteiger partial charge on any atom is 0.210 e. The summed E-state index contributed by atoms with van der Waals surface area (Å²) >= 11 is 0. The van der Waals surface area contributed by atoms with Crippen LogP contribution in [0.5, 0.6) is 5.75 Å². The first kappa shape index (κ1) is 59.3. The molecule has 8 rings (SSSR count). The first-order valence-corrected chi connectivity index (χ1v) is 27.5. The van der Waals surface area contributed by atoms with Crippen LogP contribution in [0.25, 0.3) is 0 Å². The maximum atomic E-state index is 11.1. The standard InChI is InChI=1S/2C16H25NO.C15H23NO.C14H21NO2.C2H6O.CH4.ClH/c2*1-13-7-6-9-14(11-13)16(18)10-5-4-8-15(16)12-17(2)3;1-12-6-5-8-13(10-12)15(17)9-4-3-7-14(15)11-16-2;1-15-10-12-5-2-3-8-14(12,17)11-6-4-7-13(16)9-11;1-2-3;;/h2*6-7,9,11,15,18H,4-5,8,10,12H2,1-3H3;5-6,8,10,14,16-17H,3-4,7,9,11H2,1-2H3;4,6-7,9,12,15-17H,2-3,5,8,10H2,1H3;3H,2H2,1H3;1H4;1H/t2*15-,16+;14-,15+;12-,14+;;;/m1111.../s1/i;;;;1T,2D,3D;1TD;. The molecular weight excluding hydrogens is 956 g/mol. The average molecular weight is 1070 g/mol. The van der Waals surface area contributed by atoms with Gasteiger partial charge in [-0.25, -0.2) is 0 Å². The second-order valence-corrected chi connectivity index (χ2v) is 22.4. The minimum absolute atomic E-state index is 0. The number of nitrogens with one attached hydrogen (secondary N) is 2. The molecule has 4 aromatic carbocycles. The monoisotopic (exact) mass is 1070 g/mol. The van der Waals surface area contributed by atoms with Crippen LogP contribution in [-0.4, -0.2) is 117 Å². The van der Waals surface area contributed by atoms with Gasteiger partial charge in [0.25, 0.3) is 0 Å². The van der Waals surface area contributed by atoms with Crippen molar-refractivity contribution in [3.63, 3.8) is 0 Å². The molecule has 0 heterocycles. The zero-order chi connectivity index (χ0) is 58.7. The molecule has 0 saturated heterocycles. The summed E-state index contributed by atoms with van der Waals surface area (Å²) in [5.41, 5.74) is 5.16. The van der Waals surface area contributed by atoms with Gasteiger partial charge in [0.1, 0.15) is 5.75 Å². The highest BCUT2D eigenvalue weighted by Gasteiger charge is 2.43. The number of benzene rings is 4. The van der Waals surface area contributed by atoms with E-state index in [9.17, 15) is 25.5 Å². The van der Waals surface area contributed by atoms with Crippen molar-refractivity contribution >= 4 is 12.4 Å². The number of hydrogen-bond donors (Lipinski definition) is 8. The first-order chi connectivity index (χ1) is 37.6. The van der Waals surface area contributed by atoms with Gasteiger partial charge in [0.05, 0.1) is 23.8 Å². The van der Waals surface area contributed by atoms with Gasteiger partial charge in [-0.15, -0.1) is 12.4 Å². The second-order valence-electron chi connectivity index (χ2n) is 22.4. The lowest BCUT2D eigenvalue weighted by atomic mass is 9.71. The van der Waals surface area contributed by atoms with Crippen molar-refractivity contribution in [3.8, 4) is 5.75 Å². The lowest BCUT2D eigenvalue weighted by molar-refractivity contribution is -0.0620. The quantitative estimate of drug-likeness (QED) is 0.0650. The van der Waals surface area contributed by atoms with Crippen molar-refractivity contribution in [2.75, 3.05) is 75.0 Å². The van der Waals surface area contributed by atoms with Crippen LogP contribution in [0.1, 0.15) is 161 Å². The molecule has 10 nitrogen and oxygen atoms in total. The summed E-state index contributed by atoms with van der Waals surface area (Å²) in [7, 11) is 12.0. The largest absolute Gasteiger partial charge is 0.508 e. The molecule has 424 valence electrons. The summed E-state index contributed by atoms with van der Waals surface area (Å²) < 4.78 is 30.6. The van der Waals surface area contributed by atoms with Crippen molar-refractivity contribution in [1.29, 1.82) is 1.43 Å². The Hall–Kier alpha value is -3.39. The van der Waals surface area contributed by atoms with E-state index in [0.29, 0.717) is 17.8 Å². The van der Waals surface area contributed by atoms with E-state index in [1.807, 2.05) is 26.2 Å². The van der Waals surface area contributed by atoms with E-state index >= 15 is 0 Å².